The van der Waals surface area contributed by atoms with E-state index < -0.39 is 24.2 Å². The van der Waals surface area contributed by atoms with Crippen LogP contribution in [0.25, 0.3) is 11.6 Å². The Hall–Kier alpha value is -3.93. The summed E-state index contributed by atoms with van der Waals surface area (Å²) in [6.07, 6.45) is 1.59. The first kappa shape index (κ1) is 21.8. The Morgan fingerprint density at radius 2 is 1.71 bits per heavy atom. The van der Waals surface area contributed by atoms with E-state index in [4.69, 9.17) is 9.47 Å². The molecule has 0 saturated heterocycles. The van der Waals surface area contributed by atoms with Crippen LogP contribution in [-0.4, -0.2) is 30.1 Å². The van der Waals surface area contributed by atoms with Crippen LogP contribution in [0.3, 0.4) is 0 Å². The fraction of sp³-hybridized carbons (Fsp3) is 0.120. The Kier molecular flexibility index (Phi) is 7.17. The number of ketones is 1. The molecular formula is C25H21FO5. The van der Waals surface area contributed by atoms with E-state index >= 15 is 0 Å². The van der Waals surface area contributed by atoms with Crippen molar-refractivity contribution in [3.05, 3.63) is 95.3 Å². The summed E-state index contributed by atoms with van der Waals surface area (Å²) in [7, 11) is 0. The van der Waals surface area contributed by atoms with Crippen molar-refractivity contribution in [2.75, 3.05) is 13.2 Å². The van der Waals surface area contributed by atoms with Crippen molar-refractivity contribution in [2.24, 2.45) is 0 Å². The molecule has 0 heterocycles. The minimum Gasteiger partial charge on any atom is -0.504 e. The number of carbonyl (C=O) groups is 2. The summed E-state index contributed by atoms with van der Waals surface area (Å²) >= 11 is 0. The highest BCUT2D eigenvalue weighted by atomic mass is 19.1. The molecule has 0 aliphatic rings. The van der Waals surface area contributed by atoms with Crippen molar-refractivity contribution in [1.29, 1.82) is 0 Å². The van der Waals surface area contributed by atoms with Crippen LogP contribution in [0.1, 0.15) is 28.4 Å². The van der Waals surface area contributed by atoms with Crippen LogP contribution in [0.2, 0.25) is 0 Å². The van der Waals surface area contributed by atoms with Crippen LogP contribution < -0.4 is 4.74 Å². The van der Waals surface area contributed by atoms with Crippen molar-refractivity contribution >= 4 is 23.4 Å². The van der Waals surface area contributed by atoms with E-state index in [9.17, 15) is 19.1 Å². The van der Waals surface area contributed by atoms with Gasteiger partial charge in [-0.05, 0) is 48.4 Å². The molecule has 3 rings (SSSR count). The van der Waals surface area contributed by atoms with Gasteiger partial charge in [0.2, 0.25) is 0 Å². The Bertz CT molecular complexity index is 1110. The zero-order chi connectivity index (χ0) is 22.2. The number of Topliss-reactive ketones (excluding diaryl/α,β-unsaturated/α-hetero) is 1. The lowest BCUT2D eigenvalue weighted by molar-refractivity contribution is -0.135. The third-order valence-corrected chi connectivity index (χ3v) is 4.38. The Labute approximate surface area is 179 Å². The molecule has 0 unspecified atom stereocenters. The van der Waals surface area contributed by atoms with Crippen LogP contribution in [-0.2, 0) is 9.53 Å². The first-order chi connectivity index (χ1) is 15.0. The number of rotatable bonds is 8. The van der Waals surface area contributed by atoms with Gasteiger partial charge in [0.15, 0.2) is 23.9 Å². The molecule has 31 heavy (non-hydrogen) atoms. The second-order valence-electron chi connectivity index (χ2n) is 6.59. The van der Waals surface area contributed by atoms with Crippen molar-refractivity contribution in [3.63, 3.8) is 0 Å². The van der Waals surface area contributed by atoms with E-state index in [1.807, 2.05) is 6.07 Å². The van der Waals surface area contributed by atoms with E-state index in [2.05, 4.69) is 0 Å². The number of phenolic OH excluding ortho intramolecular Hbond substituents is 1. The maximum absolute atomic E-state index is 13.3. The normalized spacial score (nSPS) is 11.1. The molecule has 1 N–H and O–H groups in total. The Balaban J connectivity index is 1.86. The monoisotopic (exact) mass is 420 g/mol. The summed E-state index contributed by atoms with van der Waals surface area (Å²) in [5, 5.41) is 9.90. The van der Waals surface area contributed by atoms with Gasteiger partial charge in [-0.2, -0.15) is 0 Å². The topological polar surface area (TPSA) is 72.8 Å². The molecule has 5 nitrogen and oxygen atoms in total. The molecule has 0 saturated carbocycles. The van der Waals surface area contributed by atoms with E-state index in [0.29, 0.717) is 23.5 Å². The Morgan fingerprint density at radius 3 is 2.42 bits per heavy atom. The summed E-state index contributed by atoms with van der Waals surface area (Å²) in [4.78, 5) is 25.1. The molecule has 0 aliphatic carbocycles. The lowest BCUT2D eigenvalue weighted by Gasteiger charge is -2.10. The molecule has 0 spiro atoms. The largest absolute Gasteiger partial charge is 0.504 e. The molecule has 0 radical (unpaired) electrons. The van der Waals surface area contributed by atoms with Gasteiger partial charge in [-0.15, -0.1) is 0 Å². The Morgan fingerprint density at radius 1 is 0.968 bits per heavy atom. The van der Waals surface area contributed by atoms with Gasteiger partial charge in [0.05, 0.1) is 12.2 Å². The minimum absolute atomic E-state index is 0.0106. The lowest BCUT2D eigenvalue weighted by atomic mass is 10.0. The van der Waals surface area contributed by atoms with Crippen molar-refractivity contribution in [1.82, 2.24) is 0 Å². The number of carbonyl (C=O) groups excluding carboxylic acids is 2. The molecule has 0 bridgehead atoms. The van der Waals surface area contributed by atoms with E-state index in [-0.39, 0.29) is 16.9 Å². The van der Waals surface area contributed by atoms with Crippen molar-refractivity contribution < 1.29 is 28.6 Å². The maximum atomic E-state index is 13.3. The summed E-state index contributed by atoms with van der Waals surface area (Å²) in [5.41, 5.74) is 1.55. The highest BCUT2D eigenvalue weighted by Gasteiger charge is 2.17. The molecule has 0 fully saturated rings. The van der Waals surface area contributed by atoms with E-state index in [0.717, 1.165) is 6.07 Å². The standard InChI is InChI=1S/C25H21FO5/c1-2-30-24-14-17(11-12-22(24)27)13-21(18-7-4-3-5-8-18)25(29)31-16-23(28)19-9-6-10-20(26)15-19/h3-15,27H,2,16H2,1H3/b21-13+. The molecule has 0 atom stereocenters. The van der Waals surface area contributed by atoms with Crippen LogP contribution in [0, 0.1) is 5.82 Å². The third-order valence-electron chi connectivity index (χ3n) is 4.38. The molecule has 0 aromatic heterocycles. The SMILES string of the molecule is CCOc1cc(/C=C(/C(=O)OCC(=O)c2cccc(F)c2)c2ccccc2)ccc1O. The maximum Gasteiger partial charge on any atom is 0.339 e. The zero-order valence-corrected chi connectivity index (χ0v) is 16.9. The first-order valence-corrected chi connectivity index (χ1v) is 9.66. The average Bonchev–Trinajstić information content (AvgIpc) is 2.78. The fourth-order valence-corrected chi connectivity index (χ4v) is 2.89. The predicted octanol–water partition coefficient (Wildman–Crippen LogP) is 4.90. The van der Waals surface area contributed by atoms with Gasteiger partial charge >= 0.3 is 5.97 Å². The molecule has 6 heteroatoms. The third kappa shape index (κ3) is 5.79. The molecule has 158 valence electrons. The lowest BCUT2D eigenvalue weighted by Crippen LogP contribution is -2.15. The molecule has 3 aromatic rings. The van der Waals surface area contributed by atoms with E-state index in [1.54, 1.807) is 49.4 Å². The molecule has 0 aliphatic heterocycles. The molecular weight excluding hydrogens is 399 g/mol. The first-order valence-electron chi connectivity index (χ1n) is 9.66. The van der Waals surface area contributed by atoms with Gasteiger partial charge in [-0.25, -0.2) is 9.18 Å². The fourth-order valence-electron chi connectivity index (χ4n) is 2.89. The van der Waals surface area contributed by atoms with Crippen LogP contribution in [0.4, 0.5) is 4.39 Å². The van der Waals surface area contributed by atoms with E-state index in [1.165, 1.54) is 24.3 Å². The zero-order valence-electron chi connectivity index (χ0n) is 16.9. The molecule has 3 aromatic carbocycles. The van der Waals surface area contributed by atoms with Gasteiger partial charge in [-0.1, -0.05) is 48.5 Å². The minimum atomic E-state index is -0.706. The van der Waals surface area contributed by atoms with Crippen LogP contribution >= 0.6 is 0 Å². The van der Waals surface area contributed by atoms with Gasteiger partial charge in [0.1, 0.15) is 5.82 Å². The number of aromatic hydroxyl groups is 1. The second-order valence-corrected chi connectivity index (χ2v) is 6.59. The van der Waals surface area contributed by atoms with Gasteiger partial charge in [0.25, 0.3) is 0 Å². The summed E-state index contributed by atoms with van der Waals surface area (Å²) in [5.74, 6) is -1.48. The number of esters is 1. The highest BCUT2D eigenvalue weighted by molar-refractivity contribution is 6.22. The molecule has 0 amide bonds. The van der Waals surface area contributed by atoms with Gasteiger partial charge in [0, 0.05) is 5.56 Å². The second kappa shape index (κ2) is 10.2. The van der Waals surface area contributed by atoms with Crippen LogP contribution in [0.15, 0.2) is 72.8 Å². The van der Waals surface area contributed by atoms with Gasteiger partial charge < -0.3 is 14.6 Å². The summed E-state index contributed by atoms with van der Waals surface area (Å²) in [6.45, 7) is 1.65. The summed E-state index contributed by atoms with van der Waals surface area (Å²) < 4.78 is 24.0. The quantitative estimate of drug-likeness (QED) is 0.243. The van der Waals surface area contributed by atoms with Crippen LogP contribution in [0.5, 0.6) is 11.5 Å². The number of ether oxygens (including phenoxy) is 2. The van der Waals surface area contributed by atoms with Gasteiger partial charge in [-0.3, -0.25) is 4.79 Å². The number of phenols is 1. The number of benzene rings is 3. The number of hydrogen-bond donors (Lipinski definition) is 1. The number of halogens is 1. The van der Waals surface area contributed by atoms with Crippen molar-refractivity contribution in [3.8, 4) is 11.5 Å². The number of hydrogen-bond acceptors (Lipinski definition) is 5. The highest BCUT2D eigenvalue weighted by Crippen LogP contribution is 2.29. The average molecular weight is 420 g/mol. The summed E-state index contributed by atoms with van der Waals surface area (Å²) in [6, 6.07) is 18.7. The predicted molar refractivity (Wildman–Crippen MR) is 115 cm³/mol. The van der Waals surface area contributed by atoms with Crippen molar-refractivity contribution in [2.45, 2.75) is 6.92 Å². The smallest absolute Gasteiger partial charge is 0.339 e.